The molecule has 0 aliphatic carbocycles. The van der Waals surface area contributed by atoms with Crippen molar-refractivity contribution in [2.45, 2.75) is 19.5 Å². The molecule has 6 nitrogen and oxygen atoms in total. The third kappa shape index (κ3) is 3.51. The Labute approximate surface area is 201 Å². The second kappa shape index (κ2) is 8.54. The number of benzene rings is 3. The number of hydrogen-bond donors (Lipinski definition) is 0. The van der Waals surface area contributed by atoms with E-state index in [4.69, 9.17) is 25.5 Å². The lowest BCUT2D eigenvalue weighted by Gasteiger charge is -2.26. The minimum absolute atomic E-state index is 0.0493. The normalized spacial score (nSPS) is 15.0. The quantitative estimate of drug-likeness (QED) is 0.380. The van der Waals surface area contributed by atoms with E-state index in [1.807, 2.05) is 37.3 Å². The summed E-state index contributed by atoms with van der Waals surface area (Å²) in [6, 6.07) is 17.4. The van der Waals surface area contributed by atoms with Crippen molar-refractivity contribution in [1.29, 1.82) is 0 Å². The van der Waals surface area contributed by atoms with Gasteiger partial charge < -0.3 is 18.8 Å². The zero-order chi connectivity index (χ0) is 24.0. The lowest BCUT2D eigenvalue weighted by Crippen LogP contribution is -2.29. The highest BCUT2D eigenvalue weighted by atomic mass is 35.5. The van der Waals surface area contributed by atoms with Crippen molar-refractivity contribution in [3.8, 4) is 11.5 Å². The molecule has 1 amide bonds. The molecule has 0 saturated heterocycles. The number of hydrogen-bond acceptors (Lipinski definition) is 5. The number of aryl methyl sites for hydroxylation is 1. The molecular formula is C27H22ClNO5. The summed E-state index contributed by atoms with van der Waals surface area (Å²) < 4.78 is 16.9. The Kier molecular flexibility index (Phi) is 5.54. The minimum atomic E-state index is -0.681. The fourth-order valence-corrected chi connectivity index (χ4v) is 4.67. The molecule has 0 fully saturated rings. The van der Waals surface area contributed by atoms with E-state index in [1.54, 1.807) is 49.5 Å². The maximum Gasteiger partial charge on any atom is 0.291 e. The molecule has 0 radical (unpaired) electrons. The number of rotatable bonds is 5. The number of ether oxygens (including phenoxy) is 2. The maximum absolute atomic E-state index is 13.7. The van der Waals surface area contributed by atoms with Crippen LogP contribution in [0.4, 0.5) is 0 Å². The van der Waals surface area contributed by atoms with E-state index in [9.17, 15) is 9.59 Å². The average Bonchev–Trinajstić information content (AvgIpc) is 3.12. The molecule has 0 spiro atoms. The Morgan fingerprint density at radius 1 is 0.971 bits per heavy atom. The van der Waals surface area contributed by atoms with Gasteiger partial charge in [-0.25, -0.2) is 0 Å². The second-order valence-electron chi connectivity index (χ2n) is 8.22. The van der Waals surface area contributed by atoms with Gasteiger partial charge in [0.2, 0.25) is 5.76 Å². The summed E-state index contributed by atoms with van der Waals surface area (Å²) in [5.74, 6) is 0.733. The van der Waals surface area contributed by atoms with E-state index < -0.39 is 6.04 Å². The van der Waals surface area contributed by atoms with E-state index in [0.29, 0.717) is 38.6 Å². The van der Waals surface area contributed by atoms with E-state index in [1.165, 1.54) is 0 Å². The van der Waals surface area contributed by atoms with Crippen LogP contribution in [0, 0.1) is 6.92 Å². The minimum Gasteiger partial charge on any atom is -0.493 e. The van der Waals surface area contributed by atoms with Crippen LogP contribution in [0.5, 0.6) is 11.5 Å². The predicted octanol–water partition coefficient (Wildman–Crippen LogP) is 5.52. The summed E-state index contributed by atoms with van der Waals surface area (Å²) in [6.07, 6.45) is 0. The fourth-order valence-electron chi connectivity index (χ4n) is 4.48. The smallest absolute Gasteiger partial charge is 0.291 e. The van der Waals surface area contributed by atoms with E-state index in [0.717, 1.165) is 11.1 Å². The Balaban J connectivity index is 1.75. The van der Waals surface area contributed by atoms with Crippen molar-refractivity contribution in [2.24, 2.45) is 0 Å². The molecular weight excluding hydrogens is 454 g/mol. The van der Waals surface area contributed by atoms with E-state index in [2.05, 4.69) is 0 Å². The molecule has 1 aromatic heterocycles. The van der Waals surface area contributed by atoms with Crippen LogP contribution in [0.1, 0.15) is 38.9 Å². The predicted molar refractivity (Wildman–Crippen MR) is 130 cm³/mol. The standard InChI is InChI=1S/C27H22ClNO5/c1-15-8-10-20-18(12-15)25(30)23-24(16-9-11-21(32-2)22(13-16)33-3)29(27(31)26(23)34-20)14-17-6-4-5-7-19(17)28/h4-13,24H,14H2,1-3H3. The third-order valence-electron chi connectivity index (χ3n) is 6.14. The molecule has 0 bridgehead atoms. The Bertz CT molecular complexity index is 1490. The molecule has 0 N–H and O–H groups in total. The lowest BCUT2D eigenvalue weighted by molar-refractivity contribution is 0.0714. The molecule has 34 heavy (non-hydrogen) atoms. The summed E-state index contributed by atoms with van der Waals surface area (Å²) in [4.78, 5) is 29.0. The summed E-state index contributed by atoms with van der Waals surface area (Å²) in [5.41, 5.74) is 2.87. The van der Waals surface area contributed by atoms with Gasteiger partial charge in [0, 0.05) is 11.6 Å². The van der Waals surface area contributed by atoms with Crippen molar-refractivity contribution in [1.82, 2.24) is 4.90 Å². The highest BCUT2D eigenvalue weighted by molar-refractivity contribution is 6.31. The number of halogens is 1. The average molecular weight is 476 g/mol. The number of nitrogens with zero attached hydrogens (tertiary/aromatic N) is 1. The number of fused-ring (bicyclic) bond motifs is 2. The number of carbonyl (C=O) groups is 1. The fraction of sp³-hybridized carbons (Fsp3) is 0.185. The molecule has 4 aromatic rings. The van der Waals surface area contributed by atoms with Gasteiger partial charge >= 0.3 is 0 Å². The topological polar surface area (TPSA) is 69.0 Å². The third-order valence-corrected chi connectivity index (χ3v) is 6.51. The zero-order valence-electron chi connectivity index (χ0n) is 18.9. The van der Waals surface area contributed by atoms with Gasteiger partial charge in [-0.3, -0.25) is 9.59 Å². The van der Waals surface area contributed by atoms with Gasteiger partial charge in [-0.05, 0) is 48.4 Å². The highest BCUT2D eigenvalue weighted by Crippen LogP contribution is 2.42. The molecule has 1 unspecified atom stereocenters. The van der Waals surface area contributed by atoms with Gasteiger partial charge in [0.1, 0.15) is 5.58 Å². The first kappa shape index (κ1) is 22.0. The zero-order valence-corrected chi connectivity index (χ0v) is 19.7. The van der Waals surface area contributed by atoms with Crippen LogP contribution < -0.4 is 14.9 Å². The first-order valence-electron chi connectivity index (χ1n) is 10.8. The van der Waals surface area contributed by atoms with Crippen molar-refractivity contribution >= 4 is 28.5 Å². The monoisotopic (exact) mass is 475 g/mol. The van der Waals surface area contributed by atoms with Gasteiger partial charge in [0.15, 0.2) is 16.9 Å². The molecule has 1 aliphatic rings. The van der Waals surface area contributed by atoms with Gasteiger partial charge in [0.05, 0.1) is 31.2 Å². The highest BCUT2D eigenvalue weighted by Gasteiger charge is 2.43. The van der Waals surface area contributed by atoms with Crippen molar-refractivity contribution in [3.05, 3.63) is 104 Å². The SMILES string of the molecule is COc1ccc(C2c3c(oc4ccc(C)cc4c3=O)C(=O)N2Cc2ccccc2Cl)cc1OC. The molecule has 2 heterocycles. The van der Waals surface area contributed by atoms with Gasteiger partial charge in [0.25, 0.3) is 5.91 Å². The molecule has 3 aromatic carbocycles. The van der Waals surface area contributed by atoms with Gasteiger partial charge in [-0.1, -0.05) is 47.5 Å². The first-order chi connectivity index (χ1) is 16.4. The summed E-state index contributed by atoms with van der Waals surface area (Å²) in [5, 5.41) is 0.981. The van der Waals surface area contributed by atoms with Crippen molar-refractivity contribution in [3.63, 3.8) is 0 Å². The number of carbonyl (C=O) groups excluding carboxylic acids is 1. The molecule has 1 aliphatic heterocycles. The van der Waals surface area contributed by atoms with Crippen LogP contribution in [0.25, 0.3) is 11.0 Å². The second-order valence-corrected chi connectivity index (χ2v) is 8.62. The summed E-state index contributed by atoms with van der Waals surface area (Å²) in [7, 11) is 3.10. The summed E-state index contributed by atoms with van der Waals surface area (Å²) in [6.45, 7) is 2.11. The van der Waals surface area contributed by atoms with E-state index in [-0.39, 0.29) is 23.6 Å². The van der Waals surface area contributed by atoms with Crippen LogP contribution in [-0.2, 0) is 6.54 Å². The summed E-state index contributed by atoms with van der Waals surface area (Å²) >= 11 is 6.42. The van der Waals surface area contributed by atoms with Crippen LogP contribution in [0.2, 0.25) is 5.02 Å². The van der Waals surface area contributed by atoms with Crippen LogP contribution in [0.3, 0.4) is 0 Å². The van der Waals surface area contributed by atoms with Crippen LogP contribution in [-0.4, -0.2) is 25.0 Å². The Morgan fingerprint density at radius 3 is 2.47 bits per heavy atom. The molecule has 7 heteroatoms. The molecule has 0 saturated carbocycles. The maximum atomic E-state index is 13.7. The number of methoxy groups -OCH3 is 2. The van der Waals surface area contributed by atoms with Crippen LogP contribution in [0.15, 0.2) is 69.9 Å². The van der Waals surface area contributed by atoms with E-state index >= 15 is 0 Å². The molecule has 172 valence electrons. The molecule has 1 atom stereocenters. The Hall–Kier alpha value is -3.77. The van der Waals surface area contributed by atoms with Crippen LogP contribution >= 0.6 is 11.6 Å². The lowest BCUT2D eigenvalue weighted by atomic mass is 9.97. The first-order valence-corrected chi connectivity index (χ1v) is 11.1. The van der Waals surface area contributed by atoms with Crippen molar-refractivity contribution in [2.75, 3.05) is 14.2 Å². The van der Waals surface area contributed by atoms with Crippen molar-refractivity contribution < 1.29 is 18.7 Å². The van der Waals surface area contributed by atoms with Gasteiger partial charge in [-0.2, -0.15) is 0 Å². The molecule has 5 rings (SSSR count). The Morgan fingerprint density at radius 2 is 1.74 bits per heavy atom. The van der Waals surface area contributed by atoms with Gasteiger partial charge in [-0.15, -0.1) is 0 Å². The largest absolute Gasteiger partial charge is 0.493 e. The number of amides is 1.